The van der Waals surface area contributed by atoms with Crippen LogP contribution in [0.1, 0.15) is 6.92 Å². The molecule has 0 aliphatic heterocycles. The highest BCUT2D eigenvalue weighted by Gasteiger charge is 2.10. The maximum Gasteiger partial charge on any atom is 0.164 e. The van der Waals surface area contributed by atoms with Gasteiger partial charge >= 0.3 is 0 Å². The summed E-state index contributed by atoms with van der Waals surface area (Å²) in [5.41, 5.74) is 0. The van der Waals surface area contributed by atoms with Gasteiger partial charge in [0.25, 0.3) is 0 Å². The summed E-state index contributed by atoms with van der Waals surface area (Å²) in [5, 5.41) is 0. The lowest BCUT2D eigenvalue weighted by molar-refractivity contribution is 0.307. The first-order valence-corrected chi connectivity index (χ1v) is 5.49. The molecule has 0 aliphatic rings. The van der Waals surface area contributed by atoms with Crippen LogP contribution in [0.3, 0.4) is 0 Å². The van der Waals surface area contributed by atoms with Crippen LogP contribution >= 0.6 is 11.8 Å². The van der Waals surface area contributed by atoms with Crippen molar-refractivity contribution in [3.8, 4) is 11.5 Å². The first-order chi connectivity index (χ1) is 6.72. The second kappa shape index (κ2) is 5.10. The molecule has 1 rings (SSSR count). The third kappa shape index (κ3) is 2.32. The summed E-state index contributed by atoms with van der Waals surface area (Å²) in [7, 11) is 1.54. The van der Waals surface area contributed by atoms with Crippen molar-refractivity contribution in [3.63, 3.8) is 0 Å². The fourth-order valence-electron chi connectivity index (χ4n) is 1.10. The minimum absolute atomic E-state index is 0.276. The van der Waals surface area contributed by atoms with E-state index in [2.05, 4.69) is 0 Å². The van der Waals surface area contributed by atoms with Crippen molar-refractivity contribution in [3.05, 3.63) is 17.9 Å². The first kappa shape index (κ1) is 11.2. The zero-order valence-electron chi connectivity index (χ0n) is 8.46. The highest BCUT2D eigenvalue weighted by atomic mass is 32.2. The fourth-order valence-corrected chi connectivity index (χ4v) is 1.58. The Hall–Kier alpha value is -0.900. The molecular formula is C10H13FO2S. The molecule has 0 bridgehead atoms. The molecular weight excluding hydrogens is 203 g/mol. The van der Waals surface area contributed by atoms with Crippen molar-refractivity contribution in [1.82, 2.24) is 0 Å². The van der Waals surface area contributed by atoms with Crippen LogP contribution in [0, 0.1) is 5.82 Å². The number of methoxy groups -OCH3 is 1. The van der Waals surface area contributed by atoms with Crippen LogP contribution in [0.15, 0.2) is 17.0 Å². The lowest BCUT2D eigenvalue weighted by Gasteiger charge is -2.10. The Morgan fingerprint density at radius 3 is 2.57 bits per heavy atom. The molecule has 0 aliphatic carbocycles. The lowest BCUT2D eigenvalue weighted by atomic mass is 10.3. The standard InChI is InChI=1S/C10H13FO2S/c1-4-13-9-5-7(11)10(14-3)6-8(9)12-2/h5-6H,4H2,1-3H3. The van der Waals surface area contributed by atoms with E-state index in [4.69, 9.17) is 9.47 Å². The first-order valence-electron chi connectivity index (χ1n) is 4.27. The Kier molecular flexibility index (Phi) is 4.07. The molecule has 0 unspecified atom stereocenters. The Labute approximate surface area is 87.4 Å². The molecule has 14 heavy (non-hydrogen) atoms. The topological polar surface area (TPSA) is 18.5 Å². The van der Waals surface area contributed by atoms with Gasteiger partial charge in [0.05, 0.1) is 13.7 Å². The number of benzene rings is 1. The monoisotopic (exact) mass is 216 g/mol. The average molecular weight is 216 g/mol. The smallest absolute Gasteiger partial charge is 0.164 e. The van der Waals surface area contributed by atoms with Gasteiger partial charge in [-0.2, -0.15) is 0 Å². The molecule has 1 aromatic carbocycles. The normalized spacial score (nSPS) is 10.0. The van der Waals surface area contributed by atoms with Gasteiger partial charge in [-0.1, -0.05) is 0 Å². The van der Waals surface area contributed by atoms with Gasteiger partial charge in [-0.3, -0.25) is 0 Å². The molecule has 0 heterocycles. The molecule has 78 valence electrons. The van der Waals surface area contributed by atoms with Crippen molar-refractivity contribution in [2.45, 2.75) is 11.8 Å². The molecule has 0 radical (unpaired) electrons. The molecule has 0 aromatic heterocycles. The molecule has 0 saturated heterocycles. The second-order valence-corrected chi connectivity index (χ2v) is 3.42. The van der Waals surface area contributed by atoms with E-state index >= 15 is 0 Å². The number of hydrogen-bond acceptors (Lipinski definition) is 3. The number of rotatable bonds is 4. The SMILES string of the molecule is CCOc1cc(F)c(SC)cc1OC. The molecule has 0 fully saturated rings. The third-order valence-corrected chi connectivity index (χ3v) is 2.49. The minimum Gasteiger partial charge on any atom is -0.493 e. The Balaban J connectivity index is 3.10. The minimum atomic E-state index is -0.276. The summed E-state index contributed by atoms with van der Waals surface area (Å²) in [4.78, 5) is 0.560. The van der Waals surface area contributed by atoms with Crippen LogP contribution in [0.25, 0.3) is 0 Å². The van der Waals surface area contributed by atoms with Gasteiger partial charge in [0.1, 0.15) is 5.82 Å². The van der Waals surface area contributed by atoms with Gasteiger partial charge in [-0.05, 0) is 13.2 Å². The second-order valence-electron chi connectivity index (χ2n) is 2.57. The van der Waals surface area contributed by atoms with E-state index in [9.17, 15) is 4.39 Å². The van der Waals surface area contributed by atoms with E-state index in [1.54, 1.807) is 13.2 Å². The van der Waals surface area contributed by atoms with Crippen molar-refractivity contribution < 1.29 is 13.9 Å². The zero-order chi connectivity index (χ0) is 10.6. The summed E-state index contributed by atoms with van der Waals surface area (Å²) in [6.45, 7) is 2.34. The van der Waals surface area contributed by atoms with E-state index in [0.717, 1.165) is 0 Å². The Morgan fingerprint density at radius 1 is 1.36 bits per heavy atom. The van der Waals surface area contributed by atoms with Gasteiger partial charge in [0, 0.05) is 17.0 Å². The van der Waals surface area contributed by atoms with Crippen LogP contribution in [-0.2, 0) is 0 Å². The molecule has 1 aromatic rings. The zero-order valence-corrected chi connectivity index (χ0v) is 9.28. The third-order valence-electron chi connectivity index (χ3n) is 1.74. The summed E-state index contributed by atoms with van der Waals surface area (Å²) < 4.78 is 23.7. The summed E-state index contributed by atoms with van der Waals surface area (Å²) in [6.07, 6.45) is 1.82. The van der Waals surface area contributed by atoms with Crippen molar-refractivity contribution >= 4 is 11.8 Å². The number of hydrogen-bond donors (Lipinski definition) is 0. The van der Waals surface area contributed by atoms with E-state index in [0.29, 0.717) is 23.0 Å². The average Bonchev–Trinajstić information content (AvgIpc) is 2.19. The van der Waals surface area contributed by atoms with Crippen LogP contribution in [0.2, 0.25) is 0 Å². The predicted molar refractivity (Wildman–Crippen MR) is 55.9 cm³/mol. The Morgan fingerprint density at radius 2 is 2.07 bits per heavy atom. The van der Waals surface area contributed by atoms with E-state index in [1.165, 1.54) is 17.8 Å². The van der Waals surface area contributed by atoms with Crippen LogP contribution in [0.5, 0.6) is 11.5 Å². The van der Waals surface area contributed by atoms with Crippen LogP contribution in [0.4, 0.5) is 4.39 Å². The molecule has 0 spiro atoms. The molecule has 0 amide bonds. The van der Waals surface area contributed by atoms with E-state index < -0.39 is 0 Å². The summed E-state index contributed by atoms with van der Waals surface area (Å²) >= 11 is 1.34. The largest absolute Gasteiger partial charge is 0.493 e. The van der Waals surface area contributed by atoms with E-state index in [1.807, 2.05) is 13.2 Å². The highest BCUT2D eigenvalue weighted by Crippen LogP contribution is 2.33. The fraction of sp³-hybridized carbons (Fsp3) is 0.400. The summed E-state index contributed by atoms with van der Waals surface area (Å²) in [5.74, 6) is 0.740. The quantitative estimate of drug-likeness (QED) is 0.721. The maximum atomic E-state index is 13.3. The van der Waals surface area contributed by atoms with Gasteiger partial charge in [-0.25, -0.2) is 4.39 Å². The van der Waals surface area contributed by atoms with Crippen molar-refractivity contribution in [2.75, 3.05) is 20.0 Å². The summed E-state index contributed by atoms with van der Waals surface area (Å²) in [6, 6.07) is 3.00. The number of thioether (sulfide) groups is 1. The van der Waals surface area contributed by atoms with Gasteiger partial charge in [-0.15, -0.1) is 11.8 Å². The highest BCUT2D eigenvalue weighted by molar-refractivity contribution is 7.98. The molecule has 0 atom stereocenters. The van der Waals surface area contributed by atoms with Gasteiger partial charge in [0.15, 0.2) is 11.5 Å². The maximum absolute atomic E-state index is 13.3. The van der Waals surface area contributed by atoms with Crippen LogP contribution < -0.4 is 9.47 Å². The number of halogens is 1. The van der Waals surface area contributed by atoms with Gasteiger partial charge in [0.2, 0.25) is 0 Å². The predicted octanol–water partition coefficient (Wildman–Crippen LogP) is 2.95. The lowest BCUT2D eigenvalue weighted by Crippen LogP contribution is -1.96. The molecule has 0 N–H and O–H groups in total. The van der Waals surface area contributed by atoms with Crippen molar-refractivity contribution in [1.29, 1.82) is 0 Å². The molecule has 0 saturated carbocycles. The molecule has 2 nitrogen and oxygen atoms in total. The van der Waals surface area contributed by atoms with Crippen molar-refractivity contribution in [2.24, 2.45) is 0 Å². The Bertz CT molecular complexity index is 315. The van der Waals surface area contributed by atoms with Crippen LogP contribution in [-0.4, -0.2) is 20.0 Å². The number of ether oxygens (including phenoxy) is 2. The van der Waals surface area contributed by atoms with E-state index in [-0.39, 0.29) is 5.82 Å². The van der Waals surface area contributed by atoms with Gasteiger partial charge < -0.3 is 9.47 Å². The molecule has 4 heteroatoms.